The number of carbonyl (C=O) groups excluding carboxylic acids is 1. The van der Waals surface area contributed by atoms with Crippen LogP contribution in [0.5, 0.6) is 5.75 Å². The van der Waals surface area contributed by atoms with E-state index >= 15 is 0 Å². The van der Waals surface area contributed by atoms with Crippen LogP contribution in [0.25, 0.3) is 0 Å². The molecule has 0 saturated heterocycles. The van der Waals surface area contributed by atoms with Crippen LogP contribution in [0.3, 0.4) is 0 Å². The predicted octanol–water partition coefficient (Wildman–Crippen LogP) is 2.18. The number of nitrogens with zero attached hydrogens (tertiary/aromatic N) is 1. The van der Waals surface area contributed by atoms with Gasteiger partial charge >= 0.3 is 0 Å². The number of ether oxygens (including phenoxy) is 1. The summed E-state index contributed by atoms with van der Waals surface area (Å²) in [6.07, 6.45) is 0. The lowest BCUT2D eigenvalue weighted by molar-refractivity contribution is -0.115. The summed E-state index contributed by atoms with van der Waals surface area (Å²) in [6, 6.07) is 3.21. The van der Waals surface area contributed by atoms with Gasteiger partial charge in [0, 0.05) is 11.1 Å². The summed E-state index contributed by atoms with van der Waals surface area (Å²) in [4.78, 5) is 12.0. The third-order valence-corrected chi connectivity index (χ3v) is 5.47. The van der Waals surface area contributed by atoms with Crippen LogP contribution < -0.4 is 14.8 Å². The fourth-order valence-corrected chi connectivity index (χ4v) is 3.68. The second-order valence-corrected chi connectivity index (χ2v) is 7.44. The summed E-state index contributed by atoms with van der Waals surface area (Å²) in [5.41, 5.74) is 1.36. The van der Waals surface area contributed by atoms with Gasteiger partial charge in [0.05, 0.1) is 19.3 Å². The molecule has 2 aromatic rings. The number of aromatic nitrogens is 1. The second kappa shape index (κ2) is 7.42. The second-order valence-electron chi connectivity index (χ2n) is 5.33. The first-order valence-electron chi connectivity index (χ1n) is 7.22. The van der Waals surface area contributed by atoms with Crippen molar-refractivity contribution in [2.24, 2.45) is 0 Å². The maximum atomic E-state index is 12.3. The highest BCUT2D eigenvalue weighted by molar-refractivity contribution is 7.89. The molecular weight excluding hydrogens is 370 g/mol. The summed E-state index contributed by atoms with van der Waals surface area (Å²) in [5, 5.41) is 6.68. The molecule has 2 N–H and O–H groups in total. The number of halogens is 1. The fraction of sp³-hybridized carbons (Fsp3) is 0.333. The average molecular weight is 388 g/mol. The van der Waals surface area contributed by atoms with Crippen molar-refractivity contribution in [1.82, 2.24) is 9.88 Å². The number of sulfonamides is 1. The Bertz CT molecular complexity index is 889. The molecule has 2 rings (SSSR count). The van der Waals surface area contributed by atoms with E-state index in [2.05, 4.69) is 15.2 Å². The molecule has 136 valence electrons. The number of carbonyl (C=O) groups is 1. The first-order chi connectivity index (χ1) is 11.7. The summed E-state index contributed by atoms with van der Waals surface area (Å²) in [5.74, 6) is -0.0340. The number of aryl methyl sites for hydroxylation is 3. The molecule has 0 aliphatic heterocycles. The molecule has 1 heterocycles. The number of nitrogens with one attached hydrogen (secondary N) is 2. The molecule has 0 fully saturated rings. The number of amides is 1. The summed E-state index contributed by atoms with van der Waals surface area (Å²) < 4.78 is 36.8. The third kappa shape index (κ3) is 4.30. The molecule has 10 heteroatoms. The van der Waals surface area contributed by atoms with Crippen LogP contribution in [0, 0.1) is 20.8 Å². The van der Waals surface area contributed by atoms with Gasteiger partial charge in [0.25, 0.3) is 0 Å². The van der Waals surface area contributed by atoms with Gasteiger partial charge in [-0.2, -0.15) is 0 Å². The zero-order chi connectivity index (χ0) is 18.8. The van der Waals surface area contributed by atoms with Crippen LogP contribution in [0.1, 0.15) is 17.0 Å². The van der Waals surface area contributed by atoms with Gasteiger partial charge in [-0.25, -0.2) is 13.1 Å². The van der Waals surface area contributed by atoms with Crippen LogP contribution >= 0.6 is 11.6 Å². The van der Waals surface area contributed by atoms with Crippen molar-refractivity contribution >= 4 is 33.2 Å². The topological polar surface area (TPSA) is 111 Å². The summed E-state index contributed by atoms with van der Waals surface area (Å²) in [7, 11) is -2.47. The van der Waals surface area contributed by atoms with Crippen LogP contribution in [0.4, 0.5) is 5.69 Å². The quantitative estimate of drug-likeness (QED) is 0.785. The van der Waals surface area contributed by atoms with Gasteiger partial charge in [-0.15, -0.1) is 0 Å². The maximum Gasteiger partial charge on any atom is 0.246 e. The largest absolute Gasteiger partial charge is 0.495 e. The van der Waals surface area contributed by atoms with E-state index in [1.807, 2.05) is 0 Å². The van der Waals surface area contributed by atoms with Gasteiger partial charge in [0.1, 0.15) is 16.3 Å². The molecule has 1 aromatic heterocycles. The first-order valence-corrected chi connectivity index (χ1v) is 9.08. The Morgan fingerprint density at radius 2 is 2.00 bits per heavy atom. The Morgan fingerprint density at radius 3 is 2.56 bits per heavy atom. The minimum atomic E-state index is -3.92. The lowest BCUT2D eigenvalue weighted by Gasteiger charge is -2.12. The lowest BCUT2D eigenvalue weighted by atomic mass is 10.2. The minimum Gasteiger partial charge on any atom is -0.495 e. The zero-order valence-electron chi connectivity index (χ0n) is 14.1. The molecule has 0 radical (unpaired) electrons. The molecule has 1 amide bonds. The van der Waals surface area contributed by atoms with Crippen LogP contribution in [-0.2, 0) is 14.8 Å². The van der Waals surface area contributed by atoms with Crippen LogP contribution in [0.2, 0.25) is 5.02 Å². The average Bonchev–Trinajstić information content (AvgIpc) is 2.88. The summed E-state index contributed by atoms with van der Waals surface area (Å²) >= 11 is 6.01. The molecule has 0 bridgehead atoms. The Kier molecular flexibility index (Phi) is 5.71. The summed E-state index contributed by atoms with van der Waals surface area (Å²) in [6.45, 7) is 4.30. The highest BCUT2D eigenvalue weighted by atomic mass is 35.5. The van der Waals surface area contributed by atoms with Crippen molar-refractivity contribution in [3.05, 3.63) is 34.2 Å². The van der Waals surface area contributed by atoms with E-state index in [4.69, 9.17) is 20.9 Å². The SMILES string of the molecule is COc1cc(Cl)c(C)cc1NC(=O)CNS(=O)(=O)c1c(C)noc1C. The van der Waals surface area contributed by atoms with Gasteiger partial charge in [-0.05, 0) is 32.4 Å². The highest BCUT2D eigenvalue weighted by Crippen LogP contribution is 2.30. The van der Waals surface area contributed by atoms with Gasteiger partial charge < -0.3 is 14.6 Å². The fourth-order valence-electron chi connectivity index (χ4n) is 2.22. The van der Waals surface area contributed by atoms with Crippen molar-refractivity contribution in [2.75, 3.05) is 19.0 Å². The Labute approximate surface area is 150 Å². The number of hydrogen-bond acceptors (Lipinski definition) is 6. The molecule has 0 spiro atoms. The first kappa shape index (κ1) is 19.2. The normalized spacial score (nSPS) is 11.4. The predicted molar refractivity (Wildman–Crippen MR) is 92.5 cm³/mol. The van der Waals surface area contributed by atoms with Crippen molar-refractivity contribution < 1.29 is 22.5 Å². The number of rotatable bonds is 6. The molecule has 0 atom stereocenters. The van der Waals surface area contributed by atoms with Gasteiger partial charge in [0.15, 0.2) is 5.76 Å². The Balaban J connectivity index is 2.10. The van der Waals surface area contributed by atoms with Crippen molar-refractivity contribution in [3.63, 3.8) is 0 Å². The van der Waals surface area contributed by atoms with E-state index in [0.717, 1.165) is 5.56 Å². The van der Waals surface area contributed by atoms with Gasteiger partial charge in [-0.1, -0.05) is 16.8 Å². The lowest BCUT2D eigenvalue weighted by Crippen LogP contribution is -2.33. The number of anilines is 1. The van der Waals surface area contributed by atoms with Crippen LogP contribution in [-0.4, -0.2) is 33.1 Å². The molecule has 8 nitrogen and oxygen atoms in total. The van der Waals surface area contributed by atoms with E-state index in [9.17, 15) is 13.2 Å². The number of benzene rings is 1. The molecule has 0 aliphatic rings. The van der Waals surface area contributed by atoms with Crippen molar-refractivity contribution in [3.8, 4) is 5.75 Å². The van der Waals surface area contributed by atoms with Gasteiger partial charge in [-0.3, -0.25) is 4.79 Å². The van der Waals surface area contributed by atoms with E-state index in [0.29, 0.717) is 16.5 Å². The van der Waals surface area contributed by atoms with Crippen LogP contribution in [0.15, 0.2) is 21.6 Å². The van der Waals surface area contributed by atoms with Crippen molar-refractivity contribution in [2.45, 2.75) is 25.7 Å². The monoisotopic (exact) mass is 387 g/mol. The third-order valence-electron chi connectivity index (χ3n) is 3.41. The zero-order valence-corrected chi connectivity index (χ0v) is 15.7. The standard InChI is InChI=1S/C15H18ClN3O5S/c1-8-5-12(13(23-4)6-11(8)16)18-14(20)7-17-25(21,22)15-9(2)19-24-10(15)3/h5-6,17H,7H2,1-4H3,(H,18,20). The Hall–Kier alpha value is -2.10. The molecule has 0 aliphatic carbocycles. The van der Waals surface area contributed by atoms with E-state index in [1.165, 1.54) is 21.0 Å². The van der Waals surface area contributed by atoms with Crippen molar-refractivity contribution in [1.29, 1.82) is 0 Å². The molecule has 25 heavy (non-hydrogen) atoms. The molecule has 0 saturated carbocycles. The highest BCUT2D eigenvalue weighted by Gasteiger charge is 2.24. The smallest absolute Gasteiger partial charge is 0.246 e. The molecular formula is C15H18ClN3O5S. The number of hydrogen-bond donors (Lipinski definition) is 2. The molecule has 1 aromatic carbocycles. The molecule has 0 unspecified atom stereocenters. The number of methoxy groups -OCH3 is 1. The van der Waals surface area contributed by atoms with E-state index in [1.54, 1.807) is 19.1 Å². The van der Waals surface area contributed by atoms with E-state index in [-0.39, 0.29) is 16.3 Å². The van der Waals surface area contributed by atoms with E-state index < -0.39 is 22.5 Å². The van der Waals surface area contributed by atoms with Gasteiger partial charge in [0.2, 0.25) is 15.9 Å². The maximum absolute atomic E-state index is 12.3. The minimum absolute atomic E-state index is 0.0692. The Morgan fingerprint density at radius 1 is 1.32 bits per heavy atom.